The molecule has 0 unspecified atom stereocenters. The third-order valence-corrected chi connectivity index (χ3v) is 4.40. The van der Waals surface area contributed by atoms with Gasteiger partial charge in [0, 0.05) is 29.4 Å². The van der Waals surface area contributed by atoms with Crippen molar-refractivity contribution in [3.63, 3.8) is 0 Å². The molecule has 2 aliphatic rings. The lowest BCUT2D eigenvalue weighted by Crippen LogP contribution is -2.53. The molecule has 0 aliphatic carbocycles. The molecule has 1 saturated heterocycles. The van der Waals surface area contributed by atoms with E-state index in [4.69, 9.17) is 11.6 Å². The van der Waals surface area contributed by atoms with Crippen molar-refractivity contribution in [3.05, 3.63) is 28.8 Å². The molecule has 2 aliphatic heterocycles. The molecule has 1 aromatic carbocycles. The summed E-state index contributed by atoms with van der Waals surface area (Å²) < 4.78 is 0. The van der Waals surface area contributed by atoms with E-state index in [2.05, 4.69) is 12.2 Å². The van der Waals surface area contributed by atoms with Crippen molar-refractivity contribution in [2.24, 2.45) is 5.92 Å². The number of benzene rings is 1. The Morgan fingerprint density at radius 3 is 2.79 bits per heavy atom. The van der Waals surface area contributed by atoms with Crippen LogP contribution in [0.2, 0.25) is 5.02 Å². The molecule has 1 aromatic rings. The maximum Gasteiger partial charge on any atom is 0.276 e. The van der Waals surface area contributed by atoms with E-state index in [1.165, 1.54) is 0 Å². The first-order valence-corrected chi connectivity index (χ1v) is 6.98. The highest BCUT2D eigenvalue weighted by Gasteiger charge is 2.50. The van der Waals surface area contributed by atoms with Gasteiger partial charge in [0.25, 0.3) is 5.91 Å². The standard InChI is InChI=1S/C14H17ClN2O2/c1-9-4-6-17(7-5-9)14(19)11-8-10(15)2-3-12(11)16-13(14)18/h2-3,8-9,19H,4-7H2,1H3,(H,16,18)/t14-/m0/s1. The average molecular weight is 281 g/mol. The predicted molar refractivity (Wildman–Crippen MR) is 73.9 cm³/mol. The van der Waals surface area contributed by atoms with Gasteiger partial charge < -0.3 is 10.4 Å². The van der Waals surface area contributed by atoms with Crippen molar-refractivity contribution in [1.82, 2.24) is 4.90 Å². The van der Waals surface area contributed by atoms with Crippen molar-refractivity contribution >= 4 is 23.2 Å². The summed E-state index contributed by atoms with van der Waals surface area (Å²) in [7, 11) is 0. The molecule has 0 aromatic heterocycles. The van der Waals surface area contributed by atoms with E-state index in [0.717, 1.165) is 25.9 Å². The first-order chi connectivity index (χ1) is 9.01. The number of carbonyl (C=O) groups is 1. The number of amides is 1. The Labute approximate surface area is 117 Å². The Bertz CT molecular complexity index is 526. The zero-order valence-electron chi connectivity index (χ0n) is 10.8. The van der Waals surface area contributed by atoms with Crippen LogP contribution in [0.1, 0.15) is 25.3 Å². The minimum Gasteiger partial charge on any atom is -0.364 e. The van der Waals surface area contributed by atoms with E-state index < -0.39 is 5.72 Å². The molecular weight excluding hydrogens is 264 g/mol. The molecule has 1 atom stereocenters. The highest BCUT2D eigenvalue weighted by molar-refractivity contribution is 6.31. The Morgan fingerprint density at radius 2 is 2.11 bits per heavy atom. The second-order valence-corrected chi connectivity index (χ2v) is 5.92. The van der Waals surface area contributed by atoms with Crippen LogP contribution in [0.25, 0.3) is 0 Å². The summed E-state index contributed by atoms with van der Waals surface area (Å²) in [6.45, 7) is 3.63. The van der Waals surface area contributed by atoms with Crippen LogP contribution in [0.4, 0.5) is 5.69 Å². The minimum atomic E-state index is -1.57. The van der Waals surface area contributed by atoms with Crippen LogP contribution in [0.3, 0.4) is 0 Å². The number of piperidine rings is 1. The second kappa shape index (κ2) is 4.47. The van der Waals surface area contributed by atoms with E-state index >= 15 is 0 Å². The van der Waals surface area contributed by atoms with Gasteiger partial charge in [-0.25, -0.2) is 0 Å². The topological polar surface area (TPSA) is 52.6 Å². The molecule has 0 radical (unpaired) electrons. The largest absolute Gasteiger partial charge is 0.364 e. The van der Waals surface area contributed by atoms with Crippen molar-refractivity contribution in [2.75, 3.05) is 18.4 Å². The number of rotatable bonds is 1. The molecule has 102 valence electrons. The molecule has 19 heavy (non-hydrogen) atoms. The molecule has 2 N–H and O–H groups in total. The summed E-state index contributed by atoms with van der Waals surface area (Å²) in [5.74, 6) is 0.266. The van der Waals surface area contributed by atoms with Crippen molar-refractivity contribution < 1.29 is 9.90 Å². The number of halogens is 1. The number of fused-ring (bicyclic) bond motifs is 1. The quantitative estimate of drug-likeness (QED) is 0.829. The van der Waals surface area contributed by atoms with Crippen LogP contribution in [-0.4, -0.2) is 29.0 Å². The number of carbonyl (C=O) groups excluding carboxylic acids is 1. The molecule has 0 saturated carbocycles. The van der Waals surface area contributed by atoms with Gasteiger partial charge in [0.2, 0.25) is 5.72 Å². The Kier molecular flexibility index (Phi) is 3.04. The molecule has 2 heterocycles. The van der Waals surface area contributed by atoms with Crippen molar-refractivity contribution in [3.8, 4) is 0 Å². The number of likely N-dealkylation sites (tertiary alicyclic amines) is 1. The molecule has 0 bridgehead atoms. The SMILES string of the molecule is CC1CCN([C@@]2(O)C(=O)Nc3ccc(Cl)cc32)CC1. The van der Waals surface area contributed by atoms with Gasteiger partial charge in [0.15, 0.2) is 0 Å². The summed E-state index contributed by atoms with van der Waals surface area (Å²) >= 11 is 5.99. The average Bonchev–Trinajstić information content (AvgIpc) is 2.64. The number of anilines is 1. The van der Waals surface area contributed by atoms with Crippen LogP contribution in [0, 0.1) is 5.92 Å². The zero-order valence-corrected chi connectivity index (χ0v) is 11.6. The maximum atomic E-state index is 12.2. The molecule has 1 fully saturated rings. The van der Waals surface area contributed by atoms with E-state index in [1.54, 1.807) is 18.2 Å². The second-order valence-electron chi connectivity index (χ2n) is 5.49. The van der Waals surface area contributed by atoms with Gasteiger partial charge in [-0.1, -0.05) is 18.5 Å². The van der Waals surface area contributed by atoms with E-state index in [-0.39, 0.29) is 5.91 Å². The first kappa shape index (κ1) is 12.9. The predicted octanol–water partition coefficient (Wildman–Crippen LogP) is 2.17. The summed E-state index contributed by atoms with van der Waals surface area (Å²) in [5, 5.41) is 14.2. The van der Waals surface area contributed by atoms with Crippen LogP contribution in [-0.2, 0) is 10.5 Å². The fourth-order valence-corrected chi connectivity index (χ4v) is 3.06. The van der Waals surface area contributed by atoms with E-state index in [0.29, 0.717) is 22.2 Å². The lowest BCUT2D eigenvalue weighted by molar-refractivity contribution is -0.162. The molecular formula is C14H17ClN2O2. The number of hydrogen-bond donors (Lipinski definition) is 2. The third-order valence-electron chi connectivity index (χ3n) is 4.16. The van der Waals surface area contributed by atoms with Gasteiger partial charge in [0.1, 0.15) is 0 Å². The fourth-order valence-electron chi connectivity index (χ4n) is 2.89. The Hall–Kier alpha value is -1.10. The summed E-state index contributed by atoms with van der Waals surface area (Å²) in [6, 6.07) is 5.12. The van der Waals surface area contributed by atoms with E-state index in [9.17, 15) is 9.90 Å². The molecule has 5 heteroatoms. The van der Waals surface area contributed by atoms with Crippen molar-refractivity contribution in [1.29, 1.82) is 0 Å². The number of nitrogens with zero attached hydrogens (tertiary/aromatic N) is 1. The lowest BCUT2D eigenvalue weighted by atomic mass is 9.94. The monoisotopic (exact) mass is 280 g/mol. The van der Waals surface area contributed by atoms with Gasteiger partial charge in [-0.2, -0.15) is 0 Å². The number of aliphatic hydroxyl groups is 1. The Morgan fingerprint density at radius 1 is 1.42 bits per heavy atom. The summed E-state index contributed by atoms with van der Waals surface area (Å²) in [5.41, 5.74) is -0.351. The molecule has 4 nitrogen and oxygen atoms in total. The van der Waals surface area contributed by atoms with Crippen LogP contribution < -0.4 is 5.32 Å². The highest BCUT2D eigenvalue weighted by atomic mass is 35.5. The summed E-state index contributed by atoms with van der Waals surface area (Å²) in [6.07, 6.45) is 1.98. The fraction of sp³-hybridized carbons (Fsp3) is 0.500. The van der Waals surface area contributed by atoms with Crippen LogP contribution in [0.5, 0.6) is 0 Å². The van der Waals surface area contributed by atoms with Crippen molar-refractivity contribution in [2.45, 2.75) is 25.5 Å². The number of hydrogen-bond acceptors (Lipinski definition) is 3. The smallest absolute Gasteiger partial charge is 0.276 e. The molecule has 1 amide bonds. The molecule has 3 rings (SSSR count). The Balaban J connectivity index is 1.99. The molecule has 0 spiro atoms. The normalized spacial score (nSPS) is 28.3. The van der Waals surface area contributed by atoms with Gasteiger partial charge >= 0.3 is 0 Å². The highest BCUT2D eigenvalue weighted by Crippen LogP contribution is 2.41. The summed E-state index contributed by atoms with van der Waals surface area (Å²) in [4.78, 5) is 14.1. The minimum absolute atomic E-state index is 0.376. The maximum absolute atomic E-state index is 12.2. The zero-order chi connectivity index (χ0) is 13.6. The van der Waals surface area contributed by atoms with Crippen LogP contribution >= 0.6 is 11.6 Å². The first-order valence-electron chi connectivity index (χ1n) is 6.60. The van der Waals surface area contributed by atoms with Gasteiger partial charge in [-0.05, 0) is 37.0 Å². The third kappa shape index (κ3) is 1.95. The van der Waals surface area contributed by atoms with Gasteiger partial charge in [0.05, 0.1) is 0 Å². The van der Waals surface area contributed by atoms with Gasteiger partial charge in [-0.3, -0.25) is 9.69 Å². The lowest BCUT2D eigenvalue weighted by Gasteiger charge is -2.39. The van der Waals surface area contributed by atoms with Gasteiger partial charge in [-0.15, -0.1) is 0 Å². The van der Waals surface area contributed by atoms with E-state index in [1.807, 2.05) is 4.90 Å². The van der Waals surface area contributed by atoms with Crippen LogP contribution in [0.15, 0.2) is 18.2 Å². The number of nitrogens with one attached hydrogen (secondary N) is 1.